The summed E-state index contributed by atoms with van der Waals surface area (Å²) in [4.78, 5) is 44.7. The largest absolute Gasteiger partial charge is 0.477 e. The second-order valence-corrected chi connectivity index (χ2v) is 10.0. The van der Waals surface area contributed by atoms with Crippen LogP contribution in [-0.4, -0.2) is 118 Å². The van der Waals surface area contributed by atoms with Crippen LogP contribution in [0.25, 0.3) is 0 Å². The third-order valence-electron chi connectivity index (χ3n) is 5.25. The zero-order valence-electron chi connectivity index (χ0n) is 19.7. The number of Topliss-reactive ketones (excluding diaryl/α,β-unsaturated/α-hetero) is 1. The molecule has 0 aromatic carbocycles. The lowest BCUT2D eigenvalue weighted by atomic mass is 9.88. The number of hydrogen-bond acceptors (Lipinski definition) is 12. The highest BCUT2D eigenvalue weighted by atomic mass is 32.2. The van der Waals surface area contributed by atoms with Crippen molar-refractivity contribution in [1.82, 2.24) is 10.6 Å². The van der Waals surface area contributed by atoms with E-state index < -0.39 is 62.8 Å². The Morgan fingerprint density at radius 3 is 2.51 bits per heavy atom. The molecule has 0 saturated carbocycles. The van der Waals surface area contributed by atoms with Gasteiger partial charge in [-0.2, -0.15) is 11.8 Å². The molecule has 0 aliphatic carbocycles. The number of carboxylic acid groups (broad SMARTS) is 1. The van der Waals surface area contributed by atoms with Gasteiger partial charge in [0.05, 0.1) is 31.4 Å². The van der Waals surface area contributed by atoms with Gasteiger partial charge in [-0.3, -0.25) is 18.7 Å². The fraction of sp³-hybridized carbons (Fsp3) is 0.842. The highest BCUT2D eigenvalue weighted by Gasteiger charge is 2.56. The average Bonchev–Trinajstić information content (AvgIpc) is 2.76. The van der Waals surface area contributed by atoms with Gasteiger partial charge < -0.3 is 45.4 Å². The van der Waals surface area contributed by atoms with Crippen molar-refractivity contribution < 1.29 is 58.3 Å². The third-order valence-corrected chi connectivity index (χ3v) is 6.95. The summed E-state index contributed by atoms with van der Waals surface area (Å²) in [7, 11) is -2.28. The van der Waals surface area contributed by atoms with Gasteiger partial charge in [0.1, 0.15) is 18.0 Å². The van der Waals surface area contributed by atoms with Crippen molar-refractivity contribution in [1.29, 1.82) is 0 Å². The minimum Gasteiger partial charge on any atom is -0.477 e. The fourth-order valence-electron chi connectivity index (χ4n) is 3.40. The van der Waals surface area contributed by atoms with Crippen LogP contribution in [0.5, 0.6) is 0 Å². The molecule has 1 amide bonds. The predicted octanol–water partition coefficient (Wildman–Crippen LogP) is -2.28. The standard InChI is InChI=1S/C19H35N2O12PS/c1-10(9-35-5-4-31-3)13(24)7-20-8-14(25)16(26)17-15(21-11(2)22)12(23)6-19(32-17,18(27)28)33-34(29)30/h10,12,14-17,20,23,25-26,34H,4-9H2,1-3H3,(H,21,22)(H,27,28)(H,29,30). The van der Waals surface area contributed by atoms with Gasteiger partial charge in [0.2, 0.25) is 5.91 Å². The summed E-state index contributed by atoms with van der Waals surface area (Å²) < 4.78 is 26.0. The molecule has 0 radical (unpaired) electrons. The molecule has 1 heterocycles. The number of nitrogens with one attached hydrogen (secondary N) is 2. The Labute approximate surface area is 207 Å². The summed E-state index contributed by atoms with van der Waals surface area (Å²) in [6.45, 7) is 2.98. The molecule has 1 aliphatic heterocycles. The van der Waals surface area contributed by atoms with Gasteiger partial charge in [0, 0.05) is 44.4 Å². The second-order valence-electron chi connectivity index (χ2n) is 8.13. The molecular formula is C19H35N2O12PS. The topological polar surface area (TPSA) is 221 Å². The summed E-state index contributed by atoms with van der Waals surface area (Å²) >= 11 is 1.55. The summed E-state index contributed by atoms with van der Waals surface area (Å²) in [6, 6.07) is -1.37. The molecule has 35 heavy (non-hydrogen) atoms. The molecule has 1 saturated heterocycles. The molecular weight excluding hydrogens is 511 g/mol. The number of carbonyl (C=O) groups excluding carboxylic acids is 2. The van der Waals surface area contributed by atoms with E-state index in [1.807, 2.05) is 0 Å². The van der Waals surface area contributed by atoms with Crippen LogP contribution in [0.1, 0.15) is 20.3 Å². The van der Waals surface area contributed by atoms with Crippen LogP contribution in [0.3, 0.4) is 0 Å². The molecule has 8 atom stereocenters. The van der Waals surface area contributed by atoms with Crippen LogP contribution < -0.4 is 10.6 Å². The van der Waals surface area contributed by atoms with Gasteiger partial charge in [0.25, 0.3) is 5.79 Å². The fourth-order valence-corrected chi connectivity index (χ4v) is 4.89. The van der Waals surface area contributed by atoms with Gasteiger partial charge >= 0.3 is 14.2 Å². The van der Waals surface area contributed by atoms with E-state index >= 15 is 0 Å². The molecule has 7 N–H and O–H groups in total. The molecule has 0 spiro atoms. The van der Waals surface area contributed by atoms with Gasteiger partial charge in [0.15, 0.2) is 0 Å². The van der Waals surface area contributed by atoms with E-state index in [2.05, 4.69) is 15.2 Å². The summed E-state index contributed by atoms with van der Waals surface area (Å²) in [5.41, 5.74) is 0. The number of methoxy groups -OCH3 is 1. The average molecular weight is 547 g/mol. The van der Waals surface area contributed by atoms with Crippen LogP contribution >= 0.6 is 20.0 Å². The maximum atomic E-state index is 12.3. The van der Waals surface area contributed by atoms with Crippen molar-refractivity contribution in [2.45, 2.75) is 56.5 Å². The van der Waals surface area contributed by atoms with Crippen LogP contribution in [0, 0.1) is 5.92 Å². The van der Waals surface area contributed by atoms with E-state index in [1.165, 1.54) is 0 Å². The van der Waals surface area contributed by atoms with Gasteiger partial charge in [-0.25, -0.2) is 4.79 Å². The molecule has 1 rings (SSSR count). The number of amides is 1. The Morgan fingerprint density at radius 2 is 1.97 bits per heavy atom. The molecule has 14 nitrogen and oxygen atoms in total. The zero-order chi connectivity index (χ0) is 26.8. The van der Waals surface area contributed by atoms with E-state index in [9.17, 15) is 39.4 Å². The first-order valence-electron chi connectivity index (χ1n) is 10.8. The molecule has 1 fully saturated rings. The third kappa shape index (κ3) is 10.0. The van der Waals surface area contributed by atoms with E-state index in [0.717, 1.165) is 12.7 Å². The van der Waals surface area contributed by atoms with Crippen molar-refractivity contribution in [2.75, 3.05) is 38.3 Å². The Morgan fingerprint density at radius 1 is 1.31 bits per heavy atom. The van der Waals surface area contributed by atoms with Gasteiger partial charge in [-0.15, -0.1) is 0 Å². The molecule has 8 unspecified atom stereocenters. The lowest BCUT2D eigenvalue weighted by Gasteiger charge is -2.46. The summed E-state index contributed by atoms with van der Waals surface area (Å²) in [5, 5.41) is 46.1. The smallest absolute Gasteiger partial charge is 0.364 e. The molecule has 1 aliphatic rings. The molecule has 204 valence electrons. The quantitative estimate of drug-likeness (QED) is 0.0801. The van der Waals surface area contributed by atoms with Crippen LogP contribution in [-0.2, 0) is 32.9 Å². The number of aliphatic hydroxyl groups is 3. The highest BCUT2D eigenvalue weighted by molar-refractivity contribution is 7.99. The minimum atomic E-state index is -3.87. The van der Waals surface area contributed by atoms with Crippen molar-refractivity contribution in [3.63, 3.8) is 0 Å². The summed E-state index contributed by atoms with van der Waals surface area (Å²) in [6.07, 6.45) is -7.80. The normalized spacial score (nSPS) is 28.0. The van der Waals surface area contributed by atoms with E-state index in [-0.39, 0.29) is 24.8 Å². The maximum absolute atomic E-state index is 12.3. The van der Waals surface area contributed by atoms with E-state index in [0.29, 0.717) is 12.4 Å². The Bertz CT molecular complexity index is 747. The lowest BCUT2D eigenvalue weighted by molar-refractivity contribution is -0.283. The number of carbonyl (C=O) groups is 3. The Balaban J connectivity index is 2.84. The van der Waals surface area contributed by atoms with Crippen molar-refractivity contribution in [2.24, 2.45) is 5.92 Å². The highest BCUT2D eigenvalue weighted by Crippen LogP contribution is 2.38. The van der Waals surface area contributed by atoms with Crippen LogP contribution in [0.4, 0.5) is 0 Å². The van der Waals surface area contributed by atoms with Crippen molar-refractivity contribution >= 4 is 37.7 Å². The number of ketones is 1. The zero-order valence-corrected chi connectivity index (χ0v) is 21.5. The summed E-state index contributed by atoms with van der Waals surface area (Å²) in [5.74, 6) is -4.40. The number of rotatable bonds is 16. The van der Waals surface area contributed by atoms with Gasteiger partial charge in [-0.1, -0.05) is 6.92 Å². The first-order chi connectivity index (χ1) is 16.3. The van der Waals surface area contributed by atoms with Crippen molar-refractivity contribution in [3.05, 3.63) is 0 Å². The number of carboxylic acids is 1. The number of aliphatic hydroxyl groups excluding tert-OH is 3. The Hall–Kier alpha value is -1.13. The SMILES string of the molecule is COCCSCC(C)C(=O)CNCC(O)C(O)C1OC(O[PH](=O)O)(C(=O)O)CC(O)C1NC(C)=O. The molecule has 0 aromatic heterocycles. The van der Waals surface area contributed by atoms with Crippen LogP contribution in [0.15, 0.2) is 0 Å². The number of hydrogen-bond donors (Lipinski definition) is 7. The van der Waals surface area contributed by atoms with Crippen molar-refractivity contribution in [3.8, 4) is 0 Å². The maximum Gasteiger partial charge on any atom is 0.364 e. The van der Waals surface area contributed by atoms with Crippen LogP contribution in [0.2, 0.25) is 0 Å². The van der Waals surface area contributed by atoms with E-state index in [1.54, 1.807) is 25.8 Å². The second kappa shape index (κ2) is 15.2. The van der Waals surface area contributed by atoms with E-state index in [4.69, 9.17) is 14.4 Å². The number of thioether (sulfide) groups is 1. The Kier molecular flexibility index (Phi) is 13.9. The molecule has 0 aromatic rings. The monoisotopic (exact) mass is 546 g/mol. The minimum absolute atomic E-state index is 0.117. The molecule has 16 heteroatoms. The number of aliphatic carboxylic acids is 1. The number of ether oxygens (including phenoxy) is 2. The predicted molar refractivity (Wildman–Crippen MR) is 124 cm³/mol. The first kappa shape index (κ1) is 31.9. The first-order valence-corrected chi connectivity index (χ1v) is 13.2. The molecule has 0 bridgehead atoms. The van der Waals surface area contributed by atoms with Gasteiger partial charge in [-0.05, 0) is 0 Å². The lowest BCUT2D eigenvalue weighted by Crippen LogP contribution is -2.67.